The highest BCUT2D eigenvalue weighted by atomic mass is 32.2. The lowest BCUT2D eigenvalue weighted by Crippen LogP contribution is -2.41. The third kappa shape index (κ3) is 3.92. The lowest BCUT2D eigenvalue weighted by molar-refractivity contribution is -0.129. The molecule has 112 valence electrons. The zero-order valence-electron chi connectivity index (χ0n) is 11.4. The largest absolute Gasteiger partial charge is 0.338 e. The lowest BCUT2D eigenvalue weighted by atomic mass is 10.2. The van der Waals surface area contributed by atoms with Gasteiger partial charge in [0, 0.05) is 12.6 Å². The van der Waals surface area contributed by atoms with Gasteiger partial charge in [-0.1, -0.05) is 23.1 Å². The Labute approximate surface area is 126 Å². The molecule has 0 saturated carbocycles. The summed E-state index contributed by atoms with van der Waals surface area (Å²) in [4.78, 5) is 13.9. The smallest absolute Gasteiger partial charge is 0.233 e. The third-order valence-corrected chi connectivity index (χ3v) is 6.84. The summed E-state index contributed by atoms with van der Waals surface area (Å²) in [7, 11) is -2.97. The highest BCUT2D eigenvalue weighted by Crippen LogP contribution is 2.24. The lowest BCUT2D eigenvalue weighted by Gasteiger charge is -2.26. The predicted octanol–water partition coefficient (Wildman–Crippen LogP) is 0.974. The number of carbonyl (C=O) groups is 1. The Morgan fingerprint density at radius 2 is 2.25 bits per heavy atom. The van der Waals surface area contributed by atoms with Gasteiger partial charge >= 0.3 is 0 Å². The van der Waals surface area contributed by atoms with Crippen molar-refractivity contribution in [2.75, 3.05) is 23.8 Å². The summed E-state index contributed by atoms with van der Waals surface area (Å²) in [6.07, 6.45) is 0.546. The number of nitrogens with zero attached hydrogens (tertiary/aromatic N) is 3. The molecule has 2 rings (SSSR count). The van der Waals surface area contributed by atoms with Crippen molar-refractivity contribution in [3.63, 3.8) is 0 Å². The summed E-state index contributed by atoms with van der Waals surface area (Å²) in [6, 6.07) is -0.172. The summed E-state index contributed by atoms with van der Waals surface area (Å²) in [6.45, 7) is 4.28. The molecule has 9 heteroatoms. The van der Waals surface area contributed by atoms with Gasteiger partial charge in [0.15, 0.2) is 14.2 Å². The molecule has 1 aliphatic heterocycles. The number of sulfone groups is 1. The maximum atomic E-state index is 12.2. The Kier molecular flexibility index (Phi) is 5.03. The molecule has 1 saturated heterocycles. The van der Waals surface area contributed by atoms with Crippen molar-refractivity contribution in [3.05, 3.63) is 5.01 Å². The minimum atomic E-state index is -2.97. The van der Waals surface area contributed by atoms with Crippen LogP contribution in [-0.4, -0.2) is 59.3 Å². The average Bonchev–Trinajstić information content (AvgIpc) is 2.94. The number of aryl methyl sites for hydroxylation is 1. The normalized spacial score (nSPS) is 21.0. The first-order valence-corrected chi connectivity index (χ1v) is 9.96. The van der Waals surface area contributed by atoms with E-state index in [0.29, 0.717) is 13.0 Å². The number of aromatic nitrogens is 2. The Hall–Kier alpha value is -0.670. The average molecular weight is 335 g/mol. The Bertz CT molecular complexity index is 585. The van der Waals surface area contributed by atoms with Gasteiger partial charge in [0.2, 0.25) is 5.91 Å². The zero-order chi connectivity index (χ0) is 14.8. The topological polar surface area (TPSA) is 80.2 Å². The fourth-order valence-corrected chi connectivity index (χ4v) is 5.63. The van der Waals surface area contributed by atoms with Gasteiger partial charge in [0.05, 0.1) is 17.3 Å². The molecule has 1 amide bonds. The van der Waals surface area contributed by atoms with E-state index in [9.17, 15) is 13.2 Å². The second kappa shape index (κ2) is 6.40. The summed E-state index contributed by atoms with van der Waals surface area (Å²) in [5.74, 6) is 0.519. The Balaban J connectivity index is 1.92. The number of hydrogen-bond acceptors (Lipinski definition) is 7. The van der Waals surface area contributed by atoms with E-state index in [1.54, 1.807) is 4.90 Å². The summed E-state index contributed by atoms with van der Waals surface area (Å²) in [5, 5.41) is 8.73. The van der Waals surface area contributed by atoms with Crippen LogP contribution in [0.25, 0.3) is 0 Å². The highest BCUT2D eigenvalue weighted by Gasteiger charge is 2.33. The minimum Gasteiger partial charge on any atom is -0.338 e. The number of carbonyl (C=O) groups excluding carboxylic acids is 1. The first kappa shape index (κ1) is 15.7. The zero-order valence-corrected chi connectivity index (χ0v) is 13.9. The van der Waals surface area contributed by atoms with Gasteiger partial charge in [-0.25, -0.2) is 8.42 Å². The first-order valence-electron chi connectivity index (χ1n) is 6.34. The molecule has 20 heavy (non-hydrogen) atoms. The molecule has 1 aromatic rings. The maximum absolute atomic E-state index is 12.2. The molecule has 0 aliphatic carbocycles. The second-order valence-electron chi connectivity index (χ2n) is 4.61. The number of hydrogen-bond donors (Lipinski definition) is 0. The van der Waals surface area contributed by atoms with Gasteiger partial charge in [-0.15, -0.1) is 10.2 Å². The standard InChI is InChI=1S/C11H17N3O3S3/c1-3-14(9-4-5-20(16,17)7-9)10(15)6-18-11-13-12-8(2)19-11/h9H,3-7H2,1-2H3/t9-/m1/s1. The van der Waals surface area contributed by atoms with E-state index in [4.69, 9.17) is 0 Å². The van der Waals surface area contributed by atoms with E-state index in [2.05, 4.69) is 10.2 Å². The molecule has 1 atom stereocenters. The van der Waals surface area contributed by atoms with Crippen LogP contribution in [-0.2, 0) is 14.6 Å². The second-order valence-corrected chi connectivity index (χ2v) is 9.25. The summed E-state index contributed by atoms with van der Waals surface area (Å²) >= 11 is 2.81. The molecule has 0 radical (unpaired) electrons. The molecule has 0 spiro atoms. The van der Waals surface area contributed by atoms with Crippen molar-refractivity contribution in [1.82, 2.24) is 15.1 Å². The van der Waals surface area contributed by atoms with Crippen LogP contribution in [0.15, 0.2) is 4.34 Å². The van der Waals surface area contributed by atoms with E-state index in [-0.39, 0.29) is 29.2 Å². The molecule has 6 nitrogen and oxygen atoms in total. The van der Waals surface area contributed by atoms with Crippen molar-refractivity contribution in [3.8, 4) is 0 Å². The molecule has 1 aliphatic rings. The van der Waals surface area contributed by atoms with Crippen LogP contribution >= 0.6 is 23.1 Å². The van der Waals surface area contributed by atoms with Crippen LogP contribution in [0, 0.1) is 6.92 Å². The Morgan fingerprint density at radius 3 is 2.75 bits per heavy atom. The van der Waals surface area contributed by atoms with Crippen LogP contribution in [0.3, 0.4) is 0 Å². The van der Waals surface area contributed by atoms with E-state index >= 15 is 0 Å². The van der Waals surface area contributed by atoms with Crippen molar-refractivity contribution in [2.45, 2.75) is 30.6 Å². The Morgan fingerprint density at radius 1 is 1.50 bits per heavy atom. The fraction of sp³-hybridized carbons (Fsp3) is 0.727. The van der Waals surface area contributed by atoms with Gasteiger partial charge < -0.3 is 4.90 Å². The van der Waals surface area contributed by atoms with E-state index in [1.165, 1.54) is 23.1 Å². The minimum absolute atomic E-state index is 0.0348. The third-order valence-electron chi connectivity index (χ3n) is 3.14. The fourth-order valence-electron chi connectivity index (χ4n) is 2.20. The van der Waals surface area contributed by atoms with Crippen molar-refractivity contribution in [2.24, 2.45) is 0 Å². The van der Waals surface area contributed by atoms with Crippen LogP contribution in [0.2, 0.25) is 0 Å². The van der Waals surface area contributed by atoms with Gasteiger partial charge in [0.1, 0.15) is 5.01 Å². The van der Waals surface area contributed by atoms with Gasteiger partial charge in [0.25, 0.3) is 0 Å². The quantitative estimate of drug-likeness (QED) is 0.746. The summed E-state index contributed by atoms with van der Waals surface area (Å²) in [5.41, 5.74) is 0. The monoisotopic (exact) mass is 335 g/mol. The number of rotatable bonds is 5. The number of thioether (sulfide) groups is 1. The van der Waals surface area contributed by atoms with Crippen molar-refractivity contribution in [1.29, 1.82) is 0 Å². The SMILES string of the molecule is CCN(C(=O)CSc1nnc(C)s1)[C@@H]1CCS(=O)(=O)C1. The van der Waals surface area contributed by atoms with E-state index in [0.717, 1.165) is 9.35 Å². The van der Waals surface area contributed by atoms with Crippen LogP contribution in [0.1, 0.15) is 18.4 Å². The maximum Gasteiger partial charge on any atom is 0.233 e. The predicted molar refractivity (Wildman–Crippen MR) is 79.8 cm³/mol. The van der Waals surface area contributed by atoms with Crippen LogP contribution in [0.4, 0.5) is 0 Å². The van der Waals surface area contributed by atoms with Crippen LogP contribution < -0.4 is 0 Å². The van der Waals surface area contributed by atoms with Crippen molar-refractivity contribution < 1.29 is 13.2 Å². The summed E-state index contributed by atoms with van der Waals surface area (Å²) < 4.78 is 23.8. The molecule has 1 fully saturated rings. The van der Waals surface area contributed by atoms with Gasteiger partial charge in [-0.2, -0.15) is 0 Å². The molecular weight excluding hydrogens is 318 g/mol. The van der Waals surface area contributed by atoms with E-state index < -0.39 is 9.84 Å². The van der Waals surface area contributed by atoms with Gasteiger partial charge in [-0.3, -0.25) is 4.79 Å². The molecule has 1 aromatic heterocycles. The molecule has 0 unspecified atom stereocenters. The molecule has 0 bridgehead atoms. The number of amides is 1. The van der Waals surface area contributed by atoms with Crippen molar-refractivity contribution >= 4 is 38.8 Å². The molecule has 0 aromatic carbocycles. The van der Waals surface area contributed by atoms with Gasteiger partial charge in [-0.05, 0) is 20.3 Å². The molecule has 2 heterocycles. The van der Waals surface area contributed by atoms with E-state index in [1.807, 2.05) is 13.8 Å². The van der Waals surface area contributed by atoms with Crippen LogP contribution in [0.5, 0.6) is 0 Å². The molecular formula is C11H17N3O3S3. The molecule has 0 N–H and O–H groups in total. The highest BCUT2D eigenvalue weighted by molar-refractivity contribution is 8.01. The first-order chi connectivity index (χ1) is 9.41.